The van der Waals surface area contributed by atoms with Gasteiger partial charge in [0.1, 0.15) is 11.6 Å². The largest absolute Gasteiger partial charge is 0.360 e. The van der Waals surface area contributed by atoms with Crippen LogP contribution in [0.25, 0.3) is 11.1 Å². The third-order valence-electron chi connectivity index (χ3n) is 3.51. The number of nitrogens with zero attached hydrogens (tertiary/aromatic N) is 1. The van der Waals surface area contributed by atoms with Gasteiger partial charge in [-0.15, -0.1) is 0 Å². The van der Waals surface area contributed by atoms with Crippen molar-refractivity contribution in [2.45, 2.75) is 18.7 Å². The number of aromatic nitrogens is 1. The Bertz CT molecular complexity index is 979. The van der Waals surface area contributed by atoms with E-state index in [4.69, 9.17) is 4.52 Å². The van der Waals surface area contributed by atoms with E-state index >= 15 is 0 Å². The molecular formula is C17H15FN2O3S. The van der Waals surface area contributed by atoms with Crippen LogP contribution < -0.4 is 4.72 Å². The van der Waals surface area contributed by atoms with E-state index in [1.54, 1.807) is 38.1 Å². The van der Waals surface area contributed by atoms with Gasteiger partial charge >= 0.3 is 0 Å². The molecule has 24 heavy (non-hydrogen) atoms. The van der Waals surface area contributed by atoms with E-state index in [0.29, 0.717) is 11.3 Å². The molecule has 0 amide bonds. The van der Waals surface area contributed by atoms with Crippen molar-refractivity contribution in [1.82, 2.24) is 5.16 Å². The van der Waals surface area contributed by atoms with E-state index in [-0.39, 0.29) is 16.5 Å². The molecule has 0 radical (unpaired) electrons. The fourth-order valence-corrected chi connectivity index (χ4v) is 3.59. The topological polar surface area (TPSA) is 72.2 Å². The maximum absolute atomic E-state index is 13.0. The summed E-state index contributed by atoms with van der Waals surface area (Å²) in [7, 11) is -3.77. The molecule has 0 aliphatic rings. The summed E-state index contributed by atoms with van der Waals surface area (Å²) < 4.78 is 45.2. The van der Waals surface area contributed by atoms with Crippen LogP contribution in [-0.2, 0) is 10.0 Å². The van der Waals surface area contributed by atoms with Crippen molar-refractivity contribution in [3.8, 4) is 11.1 Å². The highest BCUT2D eigenvalue weighted by molar-refractivity contribution is 7.92. The van der Waals surface area contributed by atoms with Gasteiger partial charge in [0.25, 0.3) is 10.0 Å². The minimum atomic E-state index is -3.77. The highest BCUT2D eigenvalue weighted by Gasteiger charge is 2.19. The van der Waals surface area contributed by atoms with Crippen molar-refractivity contribution >= 4 is 15.8 Å². The smallest absolute Gasteiger partial charge is 0.263 e. The lowest BCUT2D eigenvalue weighted by Gasteiger charge is -2.10. The summed E-state index contributed by atoms with van der Waals surface area (Å²) in [6.07, 6.45) is 0. The second kappa shape index (κ2) is 6.09. The van der Waals surface area contributed by atoms with Gasteiger partial charge in [0.2, 0.25) is 0 Å². The first-order valence-electron chi connectivity index (χ1n) is 7.18. The van der Waals surface area contributed by atoms with Crippen LogP contribution in [0.5, 0.6) is 0 Å². The molecule has 1 heterocycles. The Kier molecular flexibility index (Phi) is 4.11. The maximum atomic E-state index is 13.0. The number of aryl methyl sites for hydroxylation is 2. The Labute approximate surface area is 139 Å². The monoisotopic (exact) mass is 346 g/mol. The van der Waals surface area contributed by atoms with Gasteiger partial charge in [0.05, 0.1) is 4.90 Å². The predicted molar refractivity (Wildman–Crippen MR) is 88.6 cm³/mol. The quantitative estimate of drug-likeness (QED) is 0.778. The van der Waals surface area contributed by atoms with E-state index in [1.165, 1.54) is 24.3 Å². The zero-order chi connectivity index (χ0) is 17.3. The summed E-state index contributed by atoms with van der Waals surface area (Å²) in [5.74, 6) is 0.326. The van der Waals surface area contributed by atoms with Gasteiger partial charge in [-0.05, 0) is 48.7 Å². The molecule has 0 atom stereocenters. The number of hydrogen-bond donors (Lipinski definition) is 1. The lowest BCUT2D eigenvalue weighted by Crippen LogP contribution is -2.14. The molecule has 0 unspecified atom stereocenters. The summed E-state index contributed by atoms with van der Waals surface area (Å²) in [5, 5.41) is 3.63. The normalized spacial score (nSPS) is 11.5. The standard InChI is InChI=1S/C17H15FN2O3S/c1-11-9-14(13-3-6-15(18)7-4-13)5-8-16(11)24(21,22)20-17-10-12(2)23-19-17/h3-10H,1-2H3,(H,19,20). The summed E-state index contributed by atoms with van der Waals surface area (Å²) >= 11 is 0. The highest BCUT2D eigenvalue weighted by atomic mass is 32.2. The van der Waals surface area contributed by atoms with Crippen molar-refractivity contribution < 1.29 is 17.3 Å². The number of sulfonamides is 1. The first-order chi connectivity index (χ1) is 11.3. The lowest BCUT2D eigenvalue weighted by atomic mass is 10.0. The molecule has 1 N–H and O–H groups in total. The van der Waals surface area contributed by atoms with E-state index in [0.717, 1.165) is 11.1 Å². The first kappa shape index (κ1) is 16.2. The number of benzene rings is 2. The first-order valence-corrected chi connectivity index (χ1v) is 8.66. The average Bonchev–Trinajstić information content (AvgIpc) is 2.92. The molecule has 0 fully saturated rings. The van der Waals surface area contributed by atoms with Crippen molar-refractivity contribution in [3.63, 3.8) is 0 Å². The summed E-state index contributed by atoms with van der Waals surface area (Å²) in [4.78, 5) is 0.147. The van der Waals surface area contributed by atoms with Crippen LogP contribution in [0.4, 0.5) is 10.2 Å². The molecule has 0 bridgehead atoms. The van der Waals surface area contributed by atoms with Gasteiger partial charge in [-0.2, -0.15) is 0 Å². The van der Waals surface area contributed by atoms with Crippen LogP contribution in [-0.4, -0.2) is 13.6 Å². The van der Waals surface area contributed by atoms with Crippen LogP contribution in [0, 0.1) is 19.7 Å². The summed E-state index contributed by atoms with van der Waals surface area (Å²) in [6.45, 7) is 3.38. The lowest BCUT2D eigenvalue weighted by molar-refractivity contribution is 0.400. The SMILES string of the molecule is Cc1cc(NS(=O)(=O)c2ccc(-c3ccc(F)cc3)cc2C)no1. The zero-order valence-electron chi connectivity index (χ0n) is 13.1. The molecular weight excluding hydrogens is 331 g/mol. The van der Waals surface area contributed by atoms with Crippen molar-refractivity contribution in [2.24, 2.45) is 0 Å². The Hall–Kier alpha value is -2.67. The van der Waals surface area contributed by atoms with Gasteiger partial charge in [-0.25, -0.2) is 12.8 Å². The van der Waals surface area contributed by atoms with Gasteiger partial charge in [0.15, 0.2) is 5.82 Å². The fourth-order valence-electron chi connectivity index (χ4n) is 2.38. The molecule has 1 aromatic heterocycles. The molecule has 0 saturated carbocycles. The maximum Gasteiger partial charge on any atom is 0.263 e. The van der Waals surface area contributed by atoms with Crippen molar-refractivity contribution in [3.05, 3.63) is 65.7 Å². The second-order valence-corrected chi connectivity index (χ2v) is 7.07. The van der Waals surface area contributed by atoms with E-state index in [1.807, 2.05) is 0 Å². The van der Waals surface area contributed by atoms with Gasteiger partial charge in [-0.1, -0.05) is 29.4 Å². The molecule has 5 nitrogen and oxygen atoms in total. The Balaban J connectivity index is 1.93. The minimum Gasteiger partial charge on any atom is -0.360 e. The van der Waals surface area contributed by atoms with Gasteiger partial charge in [0, 0.05) is 6.07 Å². The van der Waals surface area contributed by atoms with Gasteiger partial charge in [-0.3, -0.25) is 4.72 Å². The third kappa shape index (κ3) is 3.30. The fraction of sp³-hybridized carbons (Fsp3) is 0.118. The Morgan fingerprint density at radius 1 is 1.00 bits per heavy atom. The van der Waals surface area contributed by atoms with E-state index in [9.17, 15) is 12.8 Å². The molecule has 7 heteroatoms. The Morgan fingerprint density at radius 3 is 2.25 bits per heavy atom. The predicted octanol–water partition coefficient (Wildman–Crippen LogP) is 3.90. The van der Waals surface area contributed by atoms with Gasteiger partial charge < -0.3 is 4.52 Å². The molecule has 0 aliphatic heterocycles. The van der Waals surface area contributed by atoms with E-state index in [2.05, 4.69) is 9.88 Å². The third-order valence-corrected chi connectivity index (χ3v) is 5.02. The van der Waals surface area contributed by atoms with Crippen LogP contribution in [0.1, 0.15) is 11.3 Å². The van der Waals surface area contributed by atoms with Crippen LogP contribution in [0.2, 0.25) is 0 Å². The molecule has 3 aromatic rings. The van der Waals surface area contributed by atoms with Crippen LogP contribution in [0.3, 0.4) is 0 Å². The summed E-state index contributed by atoms with van der Waals surface area (Å²) in [5.41, 5.74) is 2.19. The number of nitrogens with one attached hydrogen (secondary N) is 1. The summed E-state index contributed by atoms with van der Waals surface area (Å²) in [6, 6.07) is 12.5. The average molecular weight is 346 g/mol. The molecule has 0 aliphatic carbocycles. The number of rotatable bonds is 4. The second-order valence-electron chi connectivity index (χ2n) is 5.42. The molecule has 2 aromatic carbocycles. The van der Waals surface area contributed by atoms with Crippen molar-refractivity contribution in [2.75, 3.05) is 4.72 Å². The number of anilines is 1. The molecule has 0 spiro atoms. The Morgan fingerprint density at radius 2 is 1.67 bits per heavy atom. The van der Waals surface area contributed by atoms with Crippen LogP contribution in [0.15, 0.2) is 57.9 Å². The van der Waals surface area contributed by atoms with Crippen molar-refractivity contribution in [1.29, 1.82) is 0 Å². The zero-order valence-corrected chi connectivity index (χ0v) is 13.9. The van der Waals surface area contributed by atoms with E-state index < -0.39 is 10.0 Å². The molecule has 0 saturated heterocycles. The minimum absolute atomic E-state index is 0.134. The molecule has 124 valence electrons. The highest BCUT2D eigenvalue weighted by Crippen LogP contribution is 2.26. The van der Waals surface area contributed by atoms with Crippen LogP contribution >= 0.6 is 0 Å². The number of halogens is 1. The number of hydrogen-bond acceptors (Lipinski definition) is 4. The molecule has 3 rings (SSSR count).